The fourth-order valence-electron chi connectivity index (χ4n) is 2.68. The van der Waals surface area contributed by atoms with Crippen LogP contribution in [0.5, 0.6) is 0 Å². The summed E-state index contributed by atoms with van der Waals surface area (Å²) in [5, 5.41) is 7.25. The molecule has 0 saturated carbocycles. The van der Waals surface area contributed by atoms with Crippen LogP contribution in [-0.4, -0.2) is 57.3 Å². The van der Waals surface area contributed by atoms with Gasteiger partial charge in [0.05, 0.1) is 5.60 Å². The molecule has 0 radical (unpaired) electrons. The van der Waals surface area contributed by atoms with Crippen molar-refractivity contribution in [1.29, 1.82) is 0 Å². The molecule has 1 fully saturated rings. The Morgan fingerprint density at radius 2 is 2.00 bits per heavy atom. The standard InChI is InChI=1S/C18H29N3O2S/c1-15(24-16-7-5-4-6-8-16)13-20-17(19-2)21-14-18(22-3)9-11-23-12-10-18/h4-8,15H,9-14H2,1-3H3,(H2,19,20,21). The van der Waals surface area contributed by atoms with Crippen LogP contribution in [0.4, 0.5) is 0 Å². The average molecular weight is 352 g/mol. The minimum absolute atomic E-state index is 0.153. The second-order valence-electron chi connectivity index (χ2n) is 6.05. The highest BCUT2D eigenvalue weighted by molar-refractivity contribution is 8.00. The summed E-state index contributed by atoms with van der Waals surface area (Å²) in [5.74, 6) is 0.818. The number of hydrogen-bond acceptors (Lipinski definition) is 4. The lowest BCUT2D eigenvalue weighted by Gasteiger charge is -2.36. The zero-order chi connectivity index (χ0) is 17.3. The number of guanidine groups is 1. The van der Waals surface area contributed by atoms with Crippen molar-refractivity contribution in [2.24, 2.45) is 4.99 Å². The second kappa shape index (κ2) is 9.91. The number of methoxy groups -OCH3 is 1. The molecule has 0 spiro atoms. The predicted octanol–water partition coefficient (Wildman–Crippen LogP) is 2.53. The van der Waals surface area contributed by atoms with Gasteiger partial charge in [0, 0.05) is 63.4 Å². The molecule has 6 heteroatoms. The summed E-state index contributed by atoms with van der Waals surface area (Å²) in [5.41, 5.74) is -0.153. The second-order valence-corrected chi connectivity index (χ2v) is 7.56. The zero-order valence-corrected chi connectivity index (χ0v) is 15.7. The first kappa shape index (κ1) is 19.1. The number of thioether (sulfide) groups is 1. The van der Waals surface area contributed by atoms with E-state index in [2.05, 4.69) is 46.8 Å². The fraction of sp³-hybridized carbons (Fsp3) is 0.611. The van der Waals surface area contributed by atoms with E-state index >= 15 is 0 Å². The molecule has 0 bridgehead atoms. The Labute approximate surface area is 149 Å². The van der Waals surface area contributed by atoms with Crippen LogP contribution in [0.3, 0.4) is 0 Å². The van der Waals surface area contributed by atoms with E-state index in [4.69, 9.17) is 9.47 Å². The SMILES string of the molecule is CN=C(NCC(C)Sc1ccccc1)NCC1(OC)CCOCC1. The van der Waals surface area contributed by atoms with E-state index in [0.29, 0.717) is 5.25 Å². The lowest BCUT2D eigenvalue weighted by molar-refractivity contribution is -0.0855. The Morgan fingerprint density at radius 1 is 1.29 bits per heavy atom. The van der Waals surface area contributed by atoms with Crippen LogP contribution < -0.4 is 10.6 Å². The van der Waals surface area contributed by atoms with Gasteiger partial charge >= 0.3 is 0 Å². The number of hydrogen-bond donors (Lipinski definition) is 2. The smallest absolute Gasteiger partial charge is 0.191 e. The molecule has 2 N–H and O–H groups in total. The molecule has 0 aromatic heterocycles. The first-order valence-electron chi connectivity index (χ1n) is 8.46. The molecule has 2 rings (SSSR count). The molecule has 1 atom stereocenters. The fourth-order valence-corrected chi connectivity index (χ4v) is 3.62. The molecule has 1 unspecified atom stereocenters. The van der Waals surface area contributed by atoms with Crippen molar-refractivity contribution in [3.05, 3.63) is 30.3 Å². The van der Waals surface area contributed by atoms with Crippen LogP contribution in [0.15, 0.2) is 40.2 Å². The van der Waals surface area contributed by atoms with Gasteiger partial charge in [0.2, 0.25) is 0 Å². The first-order chi connectivity index (χ1) is 11.7. The number of nitrogens with zero attached hydrogens (tertiary/aromatic N) is 1. The van der Waals surface area contributed by atoms with Gasteiger partial charge in [-0.25, -0.2) is 0 Å². The zero-order valence-electron chi connectivity index (χ0n) is 14.9. The molecule has 1 aromatic carbocycles. The van der Waals surface area contributed by atoms with Crippen molar-refractivity contribution >= 4 is 17.7 Å². The highest BCUT2D eigenvalue weighted by atomic mass is 32.2. The molecule has 1 aliphatic rings. The quantitative estimate of drug-likeness (QED) is 0.449. The van der Waals surface area contributed by atoms with E-state index in [1.807, 2.05) is 17.8 Å². The molecule has 134 valence electrons. The summed E-state index contributed by atoms with van der Waals surface area (Å²) in [6, 6.07) is 10.5. The summed E-state index contributed by atoms with van der Waals surface area (Å²) < 4.78 is 11.2. The number of benzene rings is 1. The van der Waals surface area contributed by atoms with Crippen molar-refractivity contribution in [2.75, 3.05) is 40.5 Å². The van der Waals surface area contributed by atoms with Gasteiger partial charge < -0.3 is 20.1 Å². The first-order valence-corrected chi connectivity index (χ1v) is 9.34. The number of nitrogens with one attached hydrogen (secondary N) is 2. The molecular formula is C18H29N3O2S. The Hall–Kier alpha value is -1.24. The largest absolute Gasteiger partial charge is 0.381 e. The van der Waals surface area contributed by atoms with E-state index in [-0.39, 0.29) is 5.60 Å². The minimum atomic E-state index is -0.153. The van der Waals surface area contributed by atoms with Crippen LogP contribution in [-0.2, 0) is 9.47 Å². The van der Waals surface area contributed by atoms with Crippen molar-refractivity contribution in [2.45, 2.75) is 35.5 Å². The molecule has 1 heterocycles. The molecule has 1 saturated heterocycles. The number of aliphatic imine (C=N–C) groups is 1. The van der Waals surface area contributed by atoms with Crippen molar-refractivity contribution in [1.82, 2.24) is 10.6 Å². The monoisotopic (exact) mass is 351 g/mol. The molecule has 1 aromatic rings. The Bertz CT molecular complexity index is 504. The predicted molar refractivity (Wildman–Crippen MR) is 101 cm³/mol. The minimum Gasteiger partial charge on any atom is -0.381 e. The number of rotatable bonds is 7. The maximum Gasteiger partial charge on any atom is 0.191 e. The van der Waals surface area contributed by atoms with Gasteiger partial charge in [0.1, 0.15) is 0 Å². The van der Waals surface area contributed by atoms with Gasteiger partial charge in [-0.1, -0.05) is 25.1 Å². The highest BCUT2D eigenvalue weighted by Gasteiger charge is 2.32. The number of ether oxygens (including phenoxy) is 2. The maximum atomic E-state index is 5.75. The van der Waals surface area contributed by atoms with Crippen LogP contribution >= 0.6 is 11.8 Å². The van der Waals surface area contributed by atoms with E-state index in [1.165, 1.54) is 4.90 Å². The molecule has 1 aliphatic heterocycles. The molecule has 0 aliphatic carbocycles. The Balaban J connectivity index is 1.75. The summed E-state index contributed by atoms with van der Waals surface area (Å²) in [6.45, 7) is 5.32. The topological polar surface area (TPSA) is 54.9 Å². The maximum absolute atomic E-state index is 5.75. The Morgan fingerprint density at radius 3 is 2.62 bits per heavy atom. The molecular weight excluding hydrogens is 322 g/mol. The third-order valence-electron chi connectivity index (χ3n) is 4.28. The van der Waals surface area contributed by atoms with E-state index < -0.39 is 0 Å². The van der Waals surface area contributed by atoms with Gasteiger partial charge in [-0.05, 0) is 12.1 Å². The van der Waals surface area contributed by atoms with Crippen molar-refractivity contribution in [3.63, 3.8) is 0 Å². The lowest BCUT2D eigenvalue weighted by Crippen LogP contribution is -2.51. The lowest BCUT2D eigenvalue weighted by atomic mass is 9.94. The van der Waals surface area contributed by atoms with E-state index in [1.54, 1.807) is 14.2 Å². The van der Waals surface area contributed by atoms with Gasteiger partial charge in [-0.2, -0.15) is 0 Å². The van der Waals surface area contributed by atoms with Crippen LogP contribution in [0.25, 0.3) is 0 Å². The third-order valence-corrected chi connectivity index (χ3v) is 5.39. The molecule has 24 heavy (non-hydrogen) atoms. The Kier molecular flexibility index (Phi) is 7.88. The highest BCUT2D eigenvalue weighted by Crippen LogP contribution is 2.24. The summed E-state index contributed by atoms with van der Waals surface area (Å²) in [4.78, 5) is 5.60. The van der Waals surface area contributed by atoms with Gasteiger partial charge in [0.15, 0.2) is 5.96 Å². The van der Waals surface area contributed by atoms with E-state index in [9.17, 15) is 0 Å². The third kappa shape index (κ3) is 6.00. The van der Waals surface area contributed by atoms with Gasteiger partial charge in [-0.3, -0.25) is 4.99 Å². The van der Waals surface area contributed by atoms with Gasteiger partial charge in [-0.15, -0.1) is 11.8 Å². The molecule has 0 amide bonds. The van der Waals surface area contributed by atoms with Crippen LogP contribution in [0, 0.1) is 0 Å². The van der Waals surface area contributed by atoms with Crippen LogP contribution in [0.1, 0.15) is 19.8 Å². The summed E-state index contributed by atoms with van der Waals surface area (Å²) in [6.07, 6.45) is 1.82. The van der Waals surface area contributed by atoms with E-state index in [0.717, 1.165) is 45.1 Å². The van der Waals surface area contributed by atoms with Gasteiger partial charge in [0.25, 0.3) is 0 Å². The normalized spacial score (nSPS) is 18.9. The summed E-state index contributed by atoms with van der Waals surface area (Å²) >= 11 is 1.86. The molecule has 5 nitrogen and oxygen atoms in total. The van der Waals surface area contributed by atoms with Crippen LogP contribution in [0.2, 0.25) is 0 Å². The summed E-state index contributed by atoms with van der Waals surface area (Å²) in [7, 11) is 3.58. The van der Waals surface area contributed by atoms with Crippen molar-refractivity contribution in [3.8, 4) is 0 Å². The van der Waals surface area contributed by atoms with Crippen molar-refractivity contribution < 1.29 is 9.47 Å². The average Bonchev–Trinajstić information content (AvgIpc) is 2.63.